The second kappa shape index (κ2) is 14.4. The number of nitrogens with zero attached hydrogens (tertiary/aromatic N) is 1. The Hall–Kier alpha value is -8.72. The molecule has 306 valence electrons. The summed E-state index contributed by atoms with van der Waals surface area (Å²) in [7, 11) is 0. The lowest BCUT2D eigenvalue weighted by Gasteiger charge is -2.18. The topological polar surface area (TPSA) is 18.1 Å². The van der Waals surface area contributed by atoms with Crippen molar-refractivity contribution >= 4 is 86.8 Å². The van der Waals surface area contributed by atoms with Crippen LogP contribution in [0, 0.1) is 0 Å². The molecule has 0 aliphatic carbocycles. The van der Waals surface area contributed by atoms with Crippen LogP contribution in [-0.2, 0) is 0 Å². The second-order valence-corrected chi connectivity index (χ2v) is 17.5. The van der Waals surface area contributed by atoms with Crippen molar-refractivity contribution in [2.45, 2.75) is 0 Å². The van der Waals surface area contributed by atoms with Gasteiger partial charge in [0.25, 0.3) is 0 Å². The average Bonchev–Trinajstić information content (AvgIpc) is 3.93. The standard InChI is InChI=1S/C64H39NO/c1-3-18-40(19-4-1)60-50-27-11-13-29-52(50)63(53-30-14-12-28-51(53)60)55-32-17-31-54-45-36-34-42(39-59(45)66-64(54)55)62-48-25-9-7-23-46(48)61(47-24-8-10-26-49(47)62)41-35-37-58-56(38-41)44-22-15-16-33-57(44)65(58)43-20-5-2-6-21-43/h1-39H. The van der Waals surface area contributed by atoms with Gasteiger partial charge in [-0.25, -0.2) is 0 Å². The lowest BCUT2D eigenvalue weighted by molar-refractivity contribution is 0.670. The number of fused-ring (bicyclic) bond motifs is 10. The zero-order chi connectivity index (χ0) is 43.3. The molecule has 0 saturated carbocycles. The summed E-state index contributed by atoms with van der Waals surface area (Å²) in [6.07, 6.45) is 0. The zero-order valence-electron chi connectivity index (χ0n) is 35.9. The minimum Gasteiger partial charge on any atom is -0.455 e. The van der Waals surface area contributed by atoms with Gasteiger partial charge in [0.1, 0.15) is 11.2 Å². The van der Waals surface area contributed by atoms with Gasteiger partial charge >= 0.3 is 0 Å². The Morgan fingerprint density at radius 3 is 1.29 bits per heavy atom. The Balaban J connectivity index is 0.975. The minimum atomic E-state index is 0.877. The summed E-state index contributed by atoms with van der Waals surface area (Å²) in [6, 6.07) is 86.3. The van der Waals surface area contributed by atoms with Gasteiger partial charge in [0, 0.05) is 38.4 Å². The molecule has 14 aromatic rings. The van der Waals surface area contributed by atoms with Crippen molar-refractivity contribution in [3.8, 4) is 50.2 Å². The fourth-order valence-corrected chi connectivity index (χ4v) is 11.2. The maximum Gasteiger partial charge on any atom is 0.143 e. The number of furan rings is 1. The largest absolute Gasteiger partial charge is 0.455 e. The Morgan fingerprint density at radius 2 is 0.697 bits per heavy atom. The first-order chi connectivity index (χ1) is 32.8. The molecule has 2 aromatic heterocycles. The number of para-hydroxylation sites is 3. The Morgan fingerprint density at radius 1 is 0.258 bits per heavy atom. The maximum atomic E-state index is 7.14. The molecule has 0 radical (unpaired) electrons. The first-order valence-corrected chi connectivity index (χ1v) is 22.8. The summed E-state index contributed by atoms with van der Waals surface area (Å²) in [6.45, 7) is 0. The smallest absolute Gasteiger partial charge is 0.143 e. The molecule has 0 bridgehead atoms. The molecule has 0 fully saturated rings. The highest BCUT2D eigenvalue weighted by Gasteiger charge is 2.23. The third kappa shape index (κ3) is 5.36. The van der Waals surface area contributed by atoms with Gasteiger partial charge in [0.15, 0.2) is 0 Å². The number of hydrogen-bond acceptors (Lipinski definition) is 1. The highest BCUT2D eigenvalue weighted by Crippen LogP contribution is 2.49. The number of rotatable bonds is 5. The molecule has 12 aromatic carbocycles. The summed E-state index contributed by atoms with van der Waals surface area (Å²) in [4.78, 5) is 0. The fraction of sp³-hybridized carbons (Fsp3) is 0. The molecule has 0 unspecified atom stereocenters. The molecule has 0 spiro atoms. The van der Waals surface area contributed by atoms with Gasteiger partial charge in [-0.2, -0.15) is 0 Å². The summed E-state index contributed by atoms with van der Waals surface area (Å²) >= 11 is 0. The quantitative estimate of drug-likeness (QED) is 0.158. The van der Waals surface area contributed by atoms with Crippen molar-refractivity contribution in [3.05, 3.63) is 237 Å². The molecule has 0 aliphatic heterocycles. The number of benzene rings is 12. The van der Waals surface area contributed by atoms with Gasteiger partial charge in [0.2, 0.25) is 0 Å². The number of hydrogen-bond donors (Lipinski definition) is 0. The van der Waals surface area contributed by atoms with E-state index >= 15 is 0 Å². The summed E-state index contributed by atoms with van der Waals surface area (Å²) in [5.41, 5.74) is 14.9. The van der Waals surface area contributed by atoms with Crippen LogP contribution in [0.2, 0.25) is 0 Å². The summed E-state index contributed by atoms with van der Waals surface area (Å²) < 4.78 is 9.52. The van der Waals surface area contributed by atoms with Gasteiger partial charge in [0.05, 0.1) is 11.0 Å². The first kappa shape index (κ1) is 36.7. The van der Waals surface area contributed by atoms with Crippen molar-refractivity contribution in [2.75, 3.05) is 0 Å². The molecule has 0 amide bonds. The Labute approximate surface area is 380 Å². The monoisotopic (exact) mass is 837 g/mol. The van der Waals surface area contributed by atoms with E-state index < -0.39 is 0 Å². The Bertz CT molecular complexity index is 4160. The van der Waals surface area contributed by atoms with E-state index in [1.807, 2.05) is 0 Å². The molecular weight excluding hydrogens is 799 g/mol. The highest BCUT2D eigenvalue weighted by molar-refractivity contribution is 6.26. The summed E-state index contributed by atoms with van der Waals surface area (Å²) in [5.74, 6) is 0. The van der Waals surface area contributed by atoms with Crippen LogP contribution in [0.5, 0.6) is 0 Å². The predicted octanol–water partition coefficient (Wildman–Crippen LogP) is 18.0. The van der Waals surface area contributed by atoms with Crippen LogP contribution in [0.15, 0.2) is 241 Å². The van der Waals surface area contributed by atoms with Crippen LogP contribution >= 0.6 is 0 Å². The van der Waals surface area contributed by atoms with Crippen LogP contribution < -0.4 is 0 Å². The molecule has 2 heterocycles. The van der Waals surface area contributed by atoms with Crippen molar-refractivity contribution in [1.29, 1.82) is 0 Å². The summed E-state index contributed by atoms with van der Waals surface area (Å²) in [5, 5.41) is 14.5. The van der Waals surface area contributed by atoms with Crippen LogP contribution in [0.1, 0.15) is 0 Å². The minimum absolute atomic E-state index is 0.877. The zero-order valence-corrected chi connectivity index (χ0v) is 35.9. The van der Waals surface area contributed by atoms with Crippen molar-refractivity contribution < 1.29 is 4.42 Å². The van der Waals surface area contributed by atoms with Crippen LogP contribution in [0.4, 0.5) is 0 Å². The van der Waals surface area contributed by atoms with E-state index in [2.05, 4.69) is 241 Å². The first-order valence-electron chi connectivity index (χ1n) is 22.8. The van der Waals surface area contributed by atoms with E-state index in [1.54, 1.807) is 0 Å². The highest BCUT2D eigenvalue weighted by atomic mass is 16.3. The molecular formula is C64H39NO. The van der Waals surface area contributed by atoms with Gasteiger partial charge in [-0.05, 0) is 119 Å². The molecule has 0 saturated heterocycles. The van der Waals surface area contributed by atoms with Gasteiger partial charge in [-0.1, -0.05) is 194 Å². The van der Waals surface area contributed by atoms with E-state index in [-0.39, 0.29) is 0 Å². The molecule has 14 rings (SSSR count). The SMILES string of the molecule is c1ccc(-c2c3ccccc3c(-c3cccc4c3oc3cc(-c5c6ccccc6c(-c6ccc7c(c6)c6ccccc6n7-c6ccccc6)c6ccccc56)ccc34)c3ccccc23)cc1. The fourth-order valence-electron chi connectivity index (χ4n) is 11.2. The maximum absolute atomic E-state index is 7.14. The predicted molar refractivity (Wildman–Crippen MR) is 280 cm³/mol. The molecule has 66 heavy (non-hydrogen) atoms. The van der Waals surface area contributed by atoms with E-state index in [0.29, 0.717) is 0 Å². The van der Waals surface area contributed by atoms with E-state index in [1.165, 1.54) is 98.3 Å². The van der Waals surface area contributed by atoms with Gasteiger partial charge < -0.3 is 8.98 Å². The second-order valence-electron chi connectivity index (χ2n) is 17.5. The van der Waals surface area contributed by atoms with Crippen molar-refractivity contribution in [3.63, 3.8) is 0 Å². The normalized spacial score (nSPS) is 11.9. The van der Waals surface area contributed by atoms with Crippen LogP contribution in [-0.4, -0.2) is 4.57 Å². The molecule has 2 heteroatoms. The lowest BCUT2D eigenvalue weighted by atomic mass is 9.85. The molecule has 0 atom stereocenters. The molecule has 0 N–H and O–H groups in total. The van der Waals surface area contributed by atoms with E-state index in [4.69, 9.17) is 4.42 Å². The van der Waals surface area contributed by atoms with E-state index in [0.717, 1.165) is 38.8 Å². The average molecular weight is 838 g/mol. The van der Waals surface area contributed by atoms with Crippen LogP contribution in [0.3, 0.4) is 0 Å². The third-order valence-electron chi connectivity index (χ3n) is 14.0. The lowest BCUT2D eigenvalue weighted by Crippen LogP contribution is -1.93. The van der Waals surface area contributed by atoms with Crippen molar-refractivity contribution in [2.24, 2.45) is 0 Å². The third-order valence-corrected chi connectivity index (χ3v) is 14.0. The molecule has 2 nitrogen and oxygen atoms in total. The molecule has 0 aliphatic rings. The van der Waals surface area contributed by atoms with Crippen LogP contribution in [0.25, 0.3) is 137 Å². The number of aromatic nitrogens is 1. The Kier molecular flexibility index (Phi) is 8.02. The van der Waals surface area contributed by atoms with Crippen molar-refractivity contribution in [1.82, 2.24) is 4.57 Å². The van der Waals surface area contributed by atoms with E-state index in [9.17, 15) is 0 Å². The van der Waals surface area contributed by atoms with Gasteiger partial charge in [-0.15, -0.1) is 0 Å². The van der Waals surface area contributed by atoms with Gasteiger partial charge in [-0.3, -0.25) is 0 Å².